The van der Waals surface area contributed by atoms with Crippen LogP contribution in [0.4, 0.5) is 5.69 Å². The largest absolute Gasteiger partial charge is 0.492 e. The molecule has 0 atom stereocenters. The summed E-state index contributed by atoms with van der Waals surface area (Å²) in [5, 5.41) is 19.7. The maximum absolute atomic E-state index is 12.4. The van der Waals surface area contributed by atoms with Gasteiger partial charge >= 0.3 is 5.69 Å². The van der Waals surface area contributed by atoms with E-state index >= 15 is 0 Å². The number of aromatic amines is 1. The number of aliphatic hydroxyl groups is 2. The monoisotopic (exact) mass is 375 g/mol. The molecule has 2 fully saturated rings. The number of piperidine rings is 1. The van der Waals surface area contributed by atoms with E-state index in [4.69, 9.17) is 4.74 Å². The van der Waals surface area contributed by atoms with Gasteiger partial charge in [0.25, 0.3) is 5.56 Å². The number of methoxy groups -OCH3 is 1. The molecule has 3 N–H and O–H groups in total. The summed E-state index contributed by atoms with van der Waals surface area (Å²) in [4.78, 5) is 29.3. The number of hydrogen-bond acceptors (Lipinski definition) is 6. The van der Waals surface area contributed by atoms with E-state index in [1.165, 1.54) is 0 Å². The van der Waals surface area contributed by atoms with Crippen molar-refractivity contribution in [3.8, 4) is 5.75 Å². The molecule has 0 bridgehead atoms. The first kappa shape index (κ1) is 18.1. The first-order valence-electron chi connectivity index (χ1n) is 9.36. The highest BCUT2D eigenvalue weighted by Gasteiger charge is 2.35. The summed E-state index contributed by atoms with van der Waals surface area (Å²) in [6.07, 6.45) is 3.14. The van der Waals surface area contributed by atoms with Crippen LogP contribution in [-0.2, 0) is 0 Å². The van der Waals surface area contributed by atoms with Crippen LogP contribution in [0.25, 0.3) is 10.9 Å². The van der Waals surface area contributed by atoms with Gasteiger partial charge in [0.2, 0.25) is 0 Å². The zero-order valence-corrected chi connectivity index (χ0v) is 15.4. The fourth-order valence-electron chi connectivity index (χ4n) is 4.03. The van der Waals surface area contributed by atoms with Gasteiger partial charge in [0.15, 0.2) is 5.75 Å². The van der Waals surface area contributed by atoms with Crippen LogP contribution in [0, 0.1) is 5.41 Å². The van der Waals surface area contributed by atoms with E-state index in [1.54, 1.807) is 17.7 Å². The maximum Gasteiger partial charge on any atom is 0.329 e. The van der Waals surface area contributed by atoms with Crippen molar-refractivity contribution in [2.24, 2.45) is 5.41 Å². The van der Waals surface area contributed by atoms with Crippen LogP contribution < -0.4 is 20.9 Å². The third kappa shape index (κ3) is 2.93. The molecule has 0 amide bonds. The minimum atomic E-state index is -0.451. The molecular formula is C19H25N3O5. The maximum atomic E-state index is 12.4. The molecule has 0 unspecified atom stereocenters. The van der Waals surface area contributed by atoms with Crippen LogP contribution >= 0.6 is 0 Å². The molecule has 2 heterocycles. The first-order valence-corrected chi connectivity index (χ1v) is 9.36. The lowest BCUT2D eigenvalue weighted by atomic mass is 9.80. The van der Waals surface area contributed by atoms with Gasteiger partial charge in [0.1, 0.15) is 5.52 Å². The third-order valence-corrected chi connectivity index (χ3v) is 5.99. The lowest BCUT2D eigenvalue weighted by molar-refractivity contribution is 0.0340. The molecule has 1 saturated heterocycles. The number of nitrogens with one attached hydrogen (secondary N) is 1. The van der Waals surface area contributed by atoms with E-state index in [-0.39, 0.29) is 19.3 Å². The van der Waals surface area contributed by atoms with Crippen molar-refractivity contribution in [3.05, 3.63) is 33.0 Å². The molecule has 27 heavy (non-hydrogen) atoms. The molecule has 2 aromatic rings. The first-order chi connectivity index (χ1) is 13.0. The van der Waals surface area contributed by atoms with Crippen LogP contribution in [-0.4, -0.2) is 53.2 Å². The topological polar surface area (TPSA) is 108 Å². The minimum absolute atomic E-state index is 0.0389. The van der Waals surface area contributed by atoms with Crippen molar-refractivity contribution in [2.75, 3.05) is 38.3 Å². The number of fused-ring (bicyclic) bond motifs is 1. The Kier molecular flexibility index (Phi) is 4.47. The number of rotatable bonds is 5. The van der Waals surface area contributed by atoms with E-state index < -0.39 is 16.7 Å². The molecule has 4 rings (SSSR count). The Hall–Kier alpha value is -2.32. The molecule has 1 aliphatic carbocycles. The van der Waals surface area contributed by atoms with Gasteiger partial charge in [-0.2, -0.15) is 0 Å². The second-order valence-electron chi connectivity index (χ2n) is 7.68. The summed E-state index contributed by atoms with van der Waals surface area (Å²) >= 11 is 0. The lowest BCUT2D eigenvalue weighted by Crippen LogP contribution is -2.44. The Labute approximate surface area is 156 Å². The van der Waals surface area contributed by atoms with Crippen LogP contribution in [0.2, 0.25) is 0 Å². The summed E-state index contributed by atoms with van der Waals surface area (Å²) in [7, 11) is 1.55. The van der Waals surface area contributed by atoms with Gasteiger partial charge in [-0.15, -0.1) is 0 Å². The fourth-order valence-corrected chi connectivity index (χ4v) is 4.03. The smallest absolute Gasteiger partial charge is 0.329 e. The number of H-pyrrole nitrogens is 1. The Morgan fingerprint density at radius 1 is 1.19 bits per heavy atom. The molecule has 1 aromatic heterocycles. The normalized spacial score (nSPS) is 19.4. The summed E-state index contributed by atoms with van der Waals surface area (Å²) in [5.41, 5.74) is 0.119. The van der Waals surface area contributed by atoms with Crippen molar-refractivity contribution < 1.29 is 14.9 Å². The molecule has 2 aliphatic rings. The van der Waals surface area contributed by atoms with Gasteiger partial charge in [0.05, 0.1) is 31.4 Å². The SMILES string of the molecule is COc1c(N2CCC(CO)(CO)CC2)ccc2c(=O)[nH]c(=O)n(C3CC3)c12. The van der Waals surface area contributed by atoms with Gasteiger partial charge in [-0.3, -0.25) is 14.3 Å². The van der Waals surface area contributed by atoms with Crippen molar-refractivity contribution in [3.63, 3.8) is 0 Å². The molecule has 1 aromatic carbocycles. The molecule has 146 valence electrons. The number of benzene rings is 1. The predicted octanol–water partition coefficient (Wildman–Crippen LogP) is 0.604. The second-order valence-corrected chi connectivity index (χ2v) is 7.68. The van der Waals surface area contributed by atoms with Gasteiger partial charge in [-0.05, 0) is 37.8 Å². The Morgan fingerprint density at radius 2 is 1.85 bits per heavy atom. The predicted molar refractivity (Wildman–Crippen MR) is 102 cm³/mol. The Balaban J connectivity index is 1.82. The van der Waals surface area contributed by atoms with Crippen LogP contribution in [0.3, 0.4) is 0 Å². The molecular weight excluding hydrogens is 350 g/mol. The highest BCUT2D eigenvalue weighted by molar-refractivity contribution is 5.90. The highest BCUT2D eigenvalue weighted by atomic mass is 16.5. The molecule has 1 aliphatic heterocycles. The third-order valence-electron chi connectivity index (χ3n) is 5.99. The van der Waals surface area contributed by atoms with Crippen molar-refractivity contribution in [1.29, 1.82) is 0 Å². The molecule has 0 spiro atoms. The lowest BCUT2D eigenvalue weighted by Gasteiger charge is -2.41. The van der Waals surface area contributed by atoms with Crippen LogP contribution in [0.5, 0.6) is 5.75 Å². The van der Waals surface area contributed by atoms with E-state index in [1.807, 2.05) is 6.07 Å². The van der Waals surface area contributed by atoms with Gasteiger partial charge in [-0.1, -0.05) is 0 Å². The summed E-state index contributed by atoms with van der Waals surface area (Å²) in [5.74, 6) is 0.531. The Bertz CT molecular complexity index is 962. The number of nitrogens with zero attached hydrogens (tertiary/aromatic N) is 2. The quantitative estimate of drug-likeness (QED) is 0.707. The number of aliphatic hydroxyl groups excluding tert-OH is 2. The zero-order valence-electron chi connectivity index (χ0n) is 15.4. The summed E-state index contributed by atoms with van der Waals surface area (Å²) in [6.45, 7) is 1.23. The van der Waals surface area contributed by atoms with Crippen molar-refractivity contribution in [2.45, 2.75) is 31.7 Å². The van der Waals surface area contributed by atoms with Gasteiger partial charge < -0.3 is 19.8 Å². The van der Waals surface area contributed by atoms with Crippen molar-refractivity contribution in [1.82, 2.24) is 9.55 Å². The average molecular weight is 375 g/mol. The van der Waals surface area contributed by atoms with E-state index in [2.05, 4.69) is 9.88 Å². The number of anilines is 1. The standard InChI is InChI=1S/C19H25N3O5/c1-27-16-14(21-8-6-19(10-23,11-24)7-9-21)5-4-13-15(16)22(12-2-3-12)18(26)20-17(13)25/h4-5,12,23-24H,2-3,6-11H2,1H3,(H,20,25,26). The average Bonchev–Trinajstić information content (AvgIpc) is 3.52. The molecule has 0 radical (unpaired) electrons. The number of aromatic nitrogens is 2. The number of hydrogen-bond donors (Lipinski definition) is 3. The van der Waals surface area contributed by atoms with Crippen molar-refractivity contribution >= 4 is 16.6 Å². The fraction of sp³-hybridized carbons (Fsp3) is 0.579. The summed E-state index contributed by atoms with van der Waals surface area (Å²) in [6, 6.07) is 3.69. The van der Waals surface area contributed by atoms with Gasteiger partial charge in [0, 0.05) is 24.5 Å². The van der Waals surface area contributed by atoms with E-state index in [0.29, 0.717) is 42.6 Å². The van der Waals surface area contributed by atoms with E-state index in [9.17, 15) is 19.8 Å². The van der Waals surface area contributed by atoms with Gasteiger partial charge in [-0.25, -0.2) is 4.79 Å². The van der Waals surface area contributed by atoms with Crippen LogP contribution in [0.1, 0.15) is 31.7 Å². The Morgan fingerprint density at radius 3 is 2.41 bits per heavy atom. The highest BCUT2D eigenvalue weighted by Crippen LogP contribution is 2.42. The van der Waals surface area contributed by atoms with E-state index in [0.717, 1.165) is 18.5 Å². The molecule has 1 saturated carbocycles. The number of ether oxygens (including phenoxy) is 1. The second kappa shape index (κ2) is 6.69. The molecule has 8 heteroatoms. The minimum Gasteiger partial charge on any atom is -0.492 e. The molecule has 8 nitrogen and oxygen atoms in total. The van der Waals surface area contributed by atoms with Crippen LogP contribution in [0.15, 0.2) is 21.7 Å². The summed E-state index contributed by atoms with van der Waals surface area (Å²) < 4.78 is 7.34. The zero-order chi connectivity index (χ0) is 19.2.